The number of nitrogens with one attached hydrogen (secondary N) is 1. The maximum atomic E-state index is 12.4. The third-order valence-corrected chi connectivity index (χ3v) is 4.41. The number of benzene rings is 1. The number of rotatable bonds is 5. The number of halogens is 1. The summed E-state index contributed by atoms with van der Waals surface area (Å²) in [5.74, 6) is 0.283. The van der Waals surface area contributed by atoms with Gasteiger partial charge in [-0.1, -0.05) is 11.6 Å². The Hall–Kier alpha value is -2.80. The number of aromatic nitrogens is 1. The lowest BCUT2D eigenvalue weighted by Gasteiger charge is -2.12. The summed E-state index contributed by atoms with van der Waals surface area (Å²) in [5.41, 5.74) is 1.77. The van der Waals surface area contributed by atoms with Gasteiger partial charge in [0, 0.05) is 13.0 Å². The highest BCUT2D eigenvalue weighted by molar-refractivity contribution is 6.32. The smallest absolute Gasteiger partial charge is 0.339 e. The standard InChI is InChI=1S/C20H21ClN2O5/c1-3-26-20(25)14-5-6-16(23-12(14)2)19(24)22-11-13-9-15(21)18-17(10-13)27-7-4-8-28-18/h5-6,9-10H,3-4,7-8,11H2,1-2H3,(H,22,24). The van der Waals surface area contributed by atoms with Crippen molar-refractivity contribution in [2.75, 3.05) is 19.8 Å². The molecule has 1 N–H and O–H groups in total. The number of aryl methyl sites for hydroxylation is 1. The molecule has 0 radical (unpaired) electrons. The molecule has 0 aliphatic carbocycles. The van der Waals surface area contributed by atoms with Gasteiger partial charge in [-0.2, -0.15) is 0 Å². The van der Waals surface area contributed by atoms with E-state index in [-0.39, 0.29) is 24.8 Å². The maximum Gasteiger partial charge on any atom is 0.339 e. The second kappa shape index (κ2) is 8.93. The number of pyridine rings is 1. The minimum absolute atomic E-state index is 0.214. The number of amides is 1. The third-order valence-electron chi connectivity index (χ3n) is 4.13. The zero-order valence-corrected chi connectivity index (χ0v) is 16.5. The summed E-state index contributed by atoms with van der Waals surface area (Å²) in [6.07, 6.45) is 0.782. The van der Waals surface area contributed by atoms with E-state index in [1.54, 1.807) is 32.0 Å². The summed E-state index contributed by atoms with van der Waals surface area (Å²) >= 11 is 6.27. The van der Waals surface area contributed by atoms with Crippen LogP contribution in [0.5, 0.6) is 11.5 Å². The van der Waals surface area contributed by atoms with Crippen molar-refractivity contribution in [1.82, 2.24) is 10.3 Å². The Kier molecular flexibility index (Phi) is 6.36. The molecule has 1 aromatic heterocycles. The van der Waals surface area contributed by atoms with Crippen LogP contribution >= 0.6 is 11.6 Å². The molecular weight excluding hydrogens is 384 g/mol. The molecule has 2 aromatic rings. The summed E-state index contributed by atoms with van der Waals surface area (Å²) in [6, 6.07) is 6.57. The molecule has 1 aromatic carbocycles. The molecule has 0 unspecified atom stereocenters. The highest BCUT2D eigenvalue weighted by Crippen LogP contribution is 2.37. The second-order valence-corrected chi connectivity index (χ2v) is 6.60. The number of fused-ring (bicyclic) bond motifs is 1. The van der Waals surface area contributed by atoms with Gasteiger partial charge in [-0.25, -0.2) is 9.78 Å². The Morgan fingerprint density at radius 2 is 2.04 bits per heavy atom. The van der Waals surface area contributed by atoms with Crippen LogP contribution in [0.3, 0.4) is 0 Å². The Bertz CT molecular complexity index is 900. The number of ether oxygens (including phenoxy) is 3. The Labute approximate surface area is 168 Å². The van der Waals surface area contributed by atoms with Crippen molar-refractivity contribution >= 4 is 23.5 Å². The topological polar surface area (TPSA) is 86.8 Å². The van der Waals surface area contributed by atoms with Gasteiger partial charge in [-0.3, -0.25) is 4.79 Å². The minimum Gasteiger partial charge on any atom is -0.489 e. The summed E-state index contributed by atoms with van der Waals surface area (Å²) in [7, 11) is 0. The monoisotopic (exact) mass is 404 g/mol. The Morgan fingerprint density at radius 1 is 1.25 bits per heavy atom. The van der Waals surface area contributed by atoms with Crippen molar-refractivity contribution in [3.05, 3.63) is 51.8 Å². The number of carbonyl (C=O) groups is 2. The van der Waals surface area contributed by atoms with E-state index in [9.17, 15) is 9.59 Å². The molecule has 0 saturated carbocycles. The fourth-order valence-corrected chi connectivity index (χ4v) is 3.06. The summed E-state index contributed by atoms with van der Waals surface area (Å²) in [5, 5.41) is 3.23. The highest BCUT2D eigenvalue weighted by Gasteiger charge is 2.17. The first-order chi connectivity index (χ1) is 13.5. The zero-order valence-electron chi connectivity index (χ0n) is 15.7. The molecule has 3 rings (SSSR count). The number of esters is 1. The molecule has 7 nitrogen and oxygen atoms in total. The largest absolute Gasteiger partial charge is 0.489 e. The van der Waals surface area contributed by atoms with E-state index in [1.807, 2.05) is 0 Å². The fraction of sp³-hybridized carbons (Fsp3) is 0.350. The Morgan fingerprint density at radius 3 is 2.79 bits per heavy atom. The van der Waals surface area contributed by atoms with Crippen molar-refractivity contribution < 1.29 is 23.8 Å². The predicted octanol–water partition coefficient (Wildman–Crippen LogP) is 3.31. The van der Waals surface area contributed by atoms with Crippen LogP contribution in [-0.2, 0) is 11.3 Å². The average molecular weight is 405 g/mol. The van der Waals surface area contributed by atoms with Crippen molar-refractivity contribution in [3.63, 3.8) is 0 Å². The second-order valence-electron chi connectivity index (χ2n) is 6.19. The molecular formula is C20H21ClN2O5. The van der Waals surface area contributed by atoms with E-state index in [1.165, 1.54) is 6.07 Å². The lowest BCUT2D eigenvalue weighted by Crippen LogP contribution is -2.24. The van der Waals surface area contributed by atoms with Crippen LogP contribution in [0, 0.1) is 6.92 Å². The minimum atomic E-state index is -0.457. The molecule has 1 aliphatic rings. The lowest BCUT2D eigenvalue weighted by molar-refractivity contribution is 0.0524. The van der Waals surface area contributed by atoms with Gasteiger partial charge in [0.25, 0.3) is 5.91 Å². The van der Waals surface area contributed by atoms with E-state index in [0.29, 0.717) is 41.0 Å². The zero-order chi connectivity index (χ0) is 20.1. The van der Waals surface area contributed by atoms with E-state index in [2.05, 4.69) is 10.3 Å². The van der Waals surface area contributed by atoms with Crippen molar-refractivity contribution in [1.29, 1.82) is 0 Å². The van der Waals surface area contributed by atoms with Crippen molar-refractivity contribution in [2.45, 2.75) is 26.8 Å². The molecule has 2 heterocycles. The number of nitrogens with zero attached hydrogens (tertiary/aromatic N) is 1. The van der Waals surface area contributed by atoms with E-state index < -0.39 is 5.97 Å². The summed E-state index contributed by atoms with van der Waals surface area (Å²) in [6.45, 7) is 5.01. The number of hydrogen-bond acceptors (Lipinski definition) is 6. The van der Waals surface area contributed by atoms with Gasteiger partial charge in [-0.15, -0.1) is 0 Å². The van der Waals surface area contributed by atoms with Gasteiger partial charge < -0.3 is 19.5 Å². The van der Waals surface area contributed by atoms with Crippen LogP contribution < -0.4 is 14.8 Å². The van der Waals surface area contributed by atoms with Crippen LogP contribution in [0.2, 0.25) is 5.02 Å². The predicted molar refractivity (Wildman–Crippen MR) is 103 cm³/mol. The maximum absolute atomic E-state index is 12.4. The Balaban J connectivity index is 1.69. The summed E-state index contributed by atoms with van der Waals surface area (Å²) in [4.78, 5) is 28.5. The van der Waals surface area contributed by atoms with Gasteiger partial charge >= 0.3 is 5.97 Å². The van der Waals surface area contributed by atoms with Crippen molar-refractivity contribution in [3.8, 4) is 11.5 Å². The SMILES string of the molecule is CCOC(=O)c1ccc(C(=O)NCc2cc(Cl)c3c(c2)OCCCO3)nc1C. The molecule has 0 bridgehead atoms. The van der Waals surface area contributed by atoms with E-state index >= 15 is 0 Å². The first-order valence-electron chi connectivity index (χ1n) is 9.00. The molecule has 0 fully saturated rings. The van der Waals surface area contributed by atoms with Crippen LogP contribution in [0.4, 0.5) is 0 Å². The van der Waals surface area contributed by atoms with E-state index in [0.717, 1.165) is 12.0 Å². The van der Waals surface area contributed by atoms with Gasteiger partial charge in [0.15, 0.2) is 11.5 Å². The number of carbonyl (C=O) groups excluding carboxylic acids is 2. The quantitative estimate of drug-likeness (QED) is 0.769. The van der Waals surface area contributed by atoms with Crippen LogP contribution in [0.1, 0.15) is 45.4 Å². The van der Waals surface area contributed by atoms with Crippen LogP contribution in [0.25, 0.3) is 0 Å². The van der Waals surface area contributed by atoms with Gasteiger partial charge in [-0.05, 0) is 43.7 Å². The van der Waals surface area contributed by atoms with Gasteiger partial charge in [0.1, 0.15) is 5.69 Å². The summed E-state index contributed by atoms with van der Waals surface area (Å²) < 4.78 is 16.2. The molecule has 1 amide bonds. The lowest BCUT2D eigenvalue weighted by atomic mass is 10.1. The van der Waals surface area contributed by atoms with E-state index in [4.69, 9.17) is 25.8 Å². The average Bonchev–Trinajstić information content (AvgIpc) is 2.92. The van der Waals surface area contributed by atoms with Gasteiger partial charge in [0.2, 0.25) is 0 Å². The highest BCUT2D eigenvalue weighted by atomic mass is 35.5. The third kappa shape index (κ3) is 4.54. The molecule has 0 spiro atoms. The number of hydrogen-bond donors (Lipinski definition) is 1. The molecule has 0 atom stereocenters. The van der Waals surface area contributed by atoms with Gasteiger partial charge in [0.05, 0.1) is 36.1 Å². The fourth-order valence-electron chi connectivity index (χ4n) is 2.77. The molecule has 28 heavy (non-hydrogen) atoms. The normalized spacial score (nSPS) is 12.8. The van der Waals surface area contributed by atoms with Crippen molar-refractivity contribution in [2.24, 2.45) is 0 Å². The first-order valence-corrected chi connectivity index (χ1v) is 9.38. The van der Waals surface area contributed by atoms with Crippen LogP contribution in [-0.4, -0.2) is 36.7 Å². The molecule has 0 saturated heterocycles. The molecule has 148 valence electrons. The molecule has 8 heteroatoms. The first kappa shape index (κ1) is 19.9. The molecule has 1 aliphatic heterocycles. The van der Waals surface area contributed by atoms with Crippen LogP contribution in [0.15, 0.2) is 24.3 Å².